The molecule has 1 atom stereocenters. The van der Waals surface area contributed by atoms with Gasteiger partial charge in [0.25, 0.3) is 0 Å². The Morgan fingerprint density at radius 3 is 2.44 bits per heavy atom. The van der Waals surface area contributed by atoms with Gasteiger partial charge in [0.15, 0.2) is 5.78 Å². The Hall–Kier alpha value is -1.68. The number of carbonyl (C=O) groups is 2. The van der Waals surface area contributed by atoms with Crippen molar-refractivity contribution in [3.63, 3.8) is 0 Å². The van der Waals surface area contributed by atoms with Crippen molar-refractivity contribution in [1.29, 1.82) is 0 Å². The molecule has 18 heavy (non-hydrogen) atoms. The predicted molar refractivity (Wildman–Crippen MR) is 69.3 cm³/mol. The maximum absolute atomic E-state index is 11.7. The van der Waals surface area contributed by atoms with Crippen molar-refractivity contribution in [2.75, 3.05) is 6.61 Å². The predicted octanol–water partition coefficient (Wildman–Crippen LogP) is 1.54. The second kappa shape index (κ2) is 7.61. The Bertz CT molecular complexity index is 385. The van der Waals surface area contributed by atoms with Crippen LogP contribution in [0.5, 0.6) is 0 Å². The van der Waals surface area contributed by atoms with Crippen LogP contribution in [0.3, 0.4) is 0 Å². The standard InChI is InChI=1S/C14H19NO3/c1-2-12(10-16)15-14(18)9-8-13(17)11-6-4-3-5-7-11/h3-7,12,16H,2,8-10H2,1H3,(H,15,18). The normalized spacial score (nSPS) is 11.9. The third kappa shape index (κ3) is 4.67. The molecule has 1 rings (SSSR count). The summed E-state index contributed by atoms with van der Waals surface area (Å²) in [7, 11) is 0. The number of nitrogens with one attached hydrogen (secondary N) is 1. The summed E-state index contributed by atoms with van der Waals surface area (Å²) in [4.78, 5) is 23.3. The molecule has 1 unspecified atom stereocenters. The second-order valence-electron chi connectivity index (χ2n) is 4.14. The molecule has 0 spiro atoms. The summed E-state index contributed by atoms with van der Waals surface area (Å²) >= 11 is 0. The number of Topliss-reactive ketones (excluding diaryl/α,β-unsaturated/α-hetero) is 1. The van der Waals surface area contributed by atoms with E-state index >= 15 is 0 Å². The lowest BCUT2D eigenvalue weighted by molar-refractivity contribution is -0.122. The van der Waals surface area contributed by atoms with E-state index in [4.69, 9.17) is 5.11 Å². The first kappa shape index (κ1) is 14.4. The van der Waals surface area contributed by atoms with Crippen LogP contribution in [0.25, 0.3) is 0 Å². The molecule has 0 fully saturated rings. The Labute approximate surface area is 107 Å². The van der Waals surface area contributed by atoms with Crippen LogP contribution in [0.1, 0.15) is 36.5 Å². The van der Waals surface area contributed by atoms with Crippen molar-refractivity contribution >= 4 is 11.7 Å². The van der Waals surface area contributed by atoms with Gasteiger partial charge in [-0.2, -0.15) is 0 Å². The first-order chi connectivity index (χ1) is 8.67. The smallest absolute Gasteiger partial charge is 0.220 e. The van der Waals surface area contributed by atoms with Crippen molar-refractivity contribution < 1.29 is 14.7 Å². The molecular weight excluding hydrogens is 230 g/mol. The molecule has 0 aliphatic rings. The highest BCUT2D eigenvalue weighted by Crippen LogP contribution is 2.05. The van der Waals surface area contributed by atoms with Crippen LogP contribution >= 0.6 is 0 Å². The van der Waals surface area contributed by atoms with Crippen LogP contribution in [-0.4, -0.2) is 29.4 Å². The number of amides is 1. The van der Waals surface area contributed by atoms with Gasteiger partial charge in [0.05, 0.1) is 12.6 Å². The highest BCUT2D eigenvalue weighted by atomic mass is 16.3. The second-order valence-corrected chi connectivity index (χ2v) is 4.14. The minimum absolute atomic E-state index is 0.0391. The zero-order valence-electron chi connectivity index (χ0n) is 10.6. The van der Waals surface area contributed by atoms with Crippen LogP contribution < -0.4 is 5.32 Å². The quantitative estimate of drug-likeness (QED) is 0.720. The lowest BCUT2D eigenvalue weighted by atomic mass is 10.1. The van der Waals surface area contributed by atoms with E-state index in [1.54, 1.807) is 24.3 Å². The lowest BCUT2D eigenvalue weighted by Crippen LogP contribution is -2.37. The topological polar surface area (TPSA) is 66.4 Å². The number of carbonyl (C=O) groups excluding carboxylic acids is 2. The molecule has 1 aromatic rings. The molecule has 4 heteroatoms. The third-order valence-corrected chi connectivity index (χ3v) is 2.75. The van der Waals surface area contributed by atoms with Crippen molar-refractivity contribution in [3.8, 4) is 0 Å². The van der Waals surface area contributed by atoms with Gasteiger partial charge in [-0.25, -0.2) is 0 Å². The fraction of sp³-hybridized carbons (Fsp3) is 0.429. The third-order valence-electron chi connectivity index (χ3n) is 2.75. The van der Waals surface area contributed by atoms with Gasteiger partial charge >= 0.3 is 0 Å². The number of hydrogen-bond donors (Lipinski definition) is 2. The Kier molecular flexibility index (Phi) is 6.08. The summed E-state index contributed by atoms with van der Waals surface area (Å²) in [6.07, 6.45) is 1.02. The highest BCUT2D eigenvalue weighted by molar-refractivity contribution is 5.97. The largest absolute Gasteiger partial charge is 0.394 e. The van der Waals surface area contributed by atoms with E-state index in [0.717, 1.165) is 0 Å². The number of ketones is 1. The Balaban J connectivity index is 2.37. The molecule has 4 nitrogen and oxygen atoms in total. The first-order valence-electron chi connectivity index (χ1n) is 6.15. The fourth-order valence-electron chi connectivity index (χ4n) is 1.57. The number of aliphatic hydroxyl groups is 1. The minimum Gasteiger partial charge on any atom is -0.394 e. The minimum atomic E-state index is -0.218. The molecule has 1 amide bonds. The summed E-state index contributed by atoms with van der Waals surface area (Å²) in [5, 5.41) is 11.6. The molecule has 0 bridgehead atoms. The Morgan fingerprint density at radius 2 is 1.89 bits per heavy atom. The summed E-state index contributed by atoms with van der Waals surface area (Å²) in [5.41, 5.74) is 0.625. The van der Waals surface area contributed by atoms with E-state index in [1.807, 2.05) is 13.0 Å². The molecular formula is C14H19NO3. The number of aliphatic hydroxyl groups excluding tert-OH is 1. The number of benzene rings is 1. The van der Waals surface area contributed by atoms with Crippen LogP contribution in [0.2, 0.25) is 0 Å². The maximum atomic E-state index is 11.7. The van der Waals surface area contributed by atoms with Gasteiger partial charge in [0.1, 0.15) is 0 Å². The molecule has 1 aromatic carbocycles. The van der Waals surface area contributed by atoms with Crippen LogP contribution in [0.15, 0.2) is 30.3 Å². The van der Waals surface area contributed by atoms with Crippen molar-refractivity contribution in [2.45, 2.75) is 32.2 Å². The molecule has 0 heterocycles. The van der Waals surface area contributed by atoms with E-state index in [1.165, 1.54) is 0 Å². The van der Waals surface area contributed by atoms with E-state index in [0.29, 0.717) is 12.0 Å². The van der Waals surface area contributed by atoms with Crippen LogP contribution in [0, 0.1) is 0 Å². The molecule has 0 saturated carbocycles. The molecule has 0 aliphatic carbocycles. The summed E-state index contributed by atoms with van der Waals surface area (Å²) in [6.45, 7) is 1.81. The summed E-state index contributed by atoms with van der Waals surface area (Å²) in [6, 6.07) is 8.70. The Morgan fingerprint density at radius 1 is 1.22 bits per heavy atom. The molecule has 0 radical (unpaired) electrons. The van der Waals surface area contributed by atoms with Crippen LogP contribution in [-0.2, 0) is 4.79 Å². The van der Waals surface area contributed by atoms with Gasteiger partial charge in [-0.15, -0.1) is 0 Å². The SMILES string of the molecule is CCC(CO)NC(=O)CCC(=O)c1ccccc1. The van der Waals surface area contributed by atoms with Gasteiger partial charge < -0.3 is 10.4 Å². The van der Waals surface area contributed by atoms with Crippen molar-refractivity contribution in [3.05, 3.63) is 35.9 Å². The van der Waals surface area contributed by atoms with Crippen LogP contribution in [0.4, 0.5) is 0 Å². The van der Waals surface area contributed by atoms with E-state index < -0.39 is 0 Å². The zero-order chi connectivity index (χ0) is 13.4. The highest BCUT2D eigenvalue weighted by Gasteiger charge is 2.11. The maximum Gasteiger partial charge on any atom is 0.220 e. The van der Waals surface area contributed by atoms with E-state index in [9.17, 15) is 9.59 Å². The molecule has 2 N–H and O–H groups in total. The zero-order valence-corrected chi connectivity index (χ0v) is 10.6. The number of hydrogen-bond acceptors (Lipinski definition) is 3. The fourth-order valence-corrected chi connectivity index (χ4v) is 1.57. The van der Waals surface area contributed by atoms with Gasteiger partial charge in [0.2, 0.25) is 5.91 Å². The molecule has 0 saturated heterocycles. The van der Waals surface area contributed by atoms with E-state index in [-0.39, 0.29) is 37.2 Å². The summed E-state index contributed by atoms with van der Waals surface area (Å²) in [5.74, 6) is -0.233. The average Bonchev–Trinajstić information content (AvgIpc) is 2.43. The monoisotopic (exact) mass is 249 g/mol. The van der Waals surface area contributed by atoms with Gasteiger partial charge in [-0.1, -0.05) is 37.3 Å². The molecule has 0 aliphatic heterocycles. The van der Waals surface area contributed by atoms with E-state index in [2.05, 4.69) is 5.32 Å². The van der Waals surface area contributed by atoms with Crippen molar-refractivity contribution in [1.82, 2.24) is 5.32 Å². The molecule has 98 valence electrons. The number of rotatable bonds is 7. The lowest BCUT2D eigenvalue weighted by Gasteiger charge is -2.13. The van der Waals surface area contributed by atoms with Gasteiger partial charge in [0, 0.05) is 18.4 Å². The first-order valence-corrected chi connectivity index (χ1v) is 6.15. The van der Waals surface area contributed by atoms with Crippen molar-refractivity contribution in [2.24, 2.45) is 0 Å². The van der Waals surface area contributed by atoms with Gasteiger partial charge in [-0.05, 0) is 6.42 Å². The average molecular weight is 249 g/mol. The van der Waals surface area contributed by atoms with Gasteiger partial charge in [-0.3, -0.25) is 9.59 Å². The molecule has 0 aromatic heterocycles. The summed E-state index contributed by atoms with van der Waals surface area (Å²) < 4.78 is 0.